The van der Waals surface area contributed by atoms with E-state index in [9.17, 15) is 4.79 Å². The second-order valence-corrected chi connectivity index (χ2v) is 5.52. The van der Waals surface area contributed by atoms with Crippen LogP contribution in [0.3, 0.4) is 0 Å². The number of nitriles is 1. The molecule has 0 aliphatic rings. The van der Waals surface area contributed by atoms with Crippen molar-refractivity contribution in [3.8, 4) is 6.07 Å². The molecule has 0 bridgehead atoms. The molecule has 0 aliphatic heterocycles. The number of aryl methyl sites for hydroxylation is 1. The van der Waals surface area contributed by atoms with Gasteiger partial charge in [-0.25, -0.2) is 0 Å². The molecule has 3 aromatic rings. The van der Waals surface area contributed by atoms with E-state index in [4.69, 9.17) is 5.26 Å². The Kier molecular flexibility index (Phi) is 3.86. The van der Waals surface area contributed by atoms with E-state index in [0.29, 0.717) is 17.7 Å². The van der Waals surface area contributed by atoms with Crippen LogP contribution in [-0.2, 0) is 13.6 Å². The van der Waals surface area contributed by atoms with Crippen molar-refractivity contribution in [3.63, 3.8) is 0 Å². The smallest absolute Gasteiger partial charge is 0.251 e. The van der Waals surface area contributed by atoms with Gasteiger partial charge in [-0.05, 0) is 36.8 Å². The fourth-order valence-electron chi connectivity index (χ4n) is 2.82. The van der Waals surface area contributed by atoms with Crippen LogP contribution in [0.5, 0.6) is 0 Å². The van der Waals surface area contributed by atoms with Gasteiger partial charge in [0.05, 0.1) is 11.6 Å². The molecule has 1 heterocycles. The van der Waals surface area contributed by atoms with Gasteiger partial charge in [-0.3, -0.25) is 4.79 Å². The number of fused-ring (bicyclic) bond motifs is 1. The number of amides is 1. The highest BCUT2D eigenvalue weighted by Crippen LogP contribution is 2.24. The molecule has 0 aliphatic carbocycles. The summed E-state index contributed by atoms with van der Waals surface area (Å²) >= 11 is 0. The van der Waals surface area contributed by atoms with E-state index in [1.165, 1.54) is 0 Å². The Balaban J connectivity index is 1.85. The predicted molar refractivity (Wildman–Crippen MR) is 90.0 cm³/mol. The normalized spacial score (nSPS) is 10.5. The monoisotopic (exact) mass is 303 g/mol. The number of carbonyl (C=O) groups is 1. The Bertz CT molecular complexity index is 931. The van der Waals surface area contributed by atoms with Gasteiger partial charge in [0, 0.05) is 35.8 Å². The zero-order valence-electron chi connectivity index (χ0n) is 13.1. The third-order valence-electron chi connectivity index (χ3n) is 4.21. The number of hydrogen-bond donors (Lipinski definition) is 1. The van der Waals surface area contributed by atoms with Crippen molar-refractivity contribution >= 4 is 16.8 Å². The molecule has 1 N–H and O–H groups in total. The number of hydrogen-bond acceptors (Lipinski definition) is 2. The van der Waals surface area contributed by atoms with Gasteiger partial charge in [0.1, 0.15) is 0 Å². The highest BCUT2D eigenvalue weighted by Gasteiger charge is 2.13. The molecule has 2 aromatic carbocycles. The molecule has 3 rings (SSSR count). The lowest BCUT2D eigenvalue weighted by Gasteiger charge is -2.06. The molecule has 0 atom stereocenters. The maximum absolute atomic E-state index is 12.3. The number of benzene rings is 2. The zero-order valence-corrected chi connectivity index (χ0v) is 13.1. The van der Waals surface area contributed by atoms with Gasteiger partial charge >= 0.3 is 0 Å². The van der Waals surface area contributed by atoms with E-state index in [-0.39, 0.29) is 5.91 Å². The minimum atomic E-state index is -0.172. The molecule has 0 fully saturated rings. The maximum atomic E-state index is 12.3. The van der Waals surface area contributed by atoms with Crippen LogP contribution in [0.15, 0.2) is 48.5 Å². The third kappa shape index (κ3) is 2.69. The van der Waals surface area contributed by atoms with Gasteiger partial charge in [-0.1, -0.05) is 24.3 Å². The highest BCUT2D eigenvalue weighted by atomic mass is 16.1. The quantitative estimate of drug-likeness (QED) is 0.807. The highest BCUT2D eigenvalue weighted by molar-refractivity contribution is 5.95. The number of para-hydroxylation sites is 1. The molecule has 0 unspecified atom stereocenters. The average molecular weight is 303 g/mol. The van der Waals surface area contributed by atoms with Crippen molar-refractivity contribution in [1.82, 2.24) is 9.88 Å². The van der Waals surface area contributed by atoms with E-state index in [1.807, 2.05) is 25.2 Å². The van der Waals surface area contributed by atoms with Crippen molar-refractivity contribution in [2.45, 2.75) is 13.5 Å². The first-order chi connectivity index (χ1) is 11.1. The predicted octanol–water partition coefficient (Wildman–Crippen LogP) is 3.29. The molecule has 114 valence electrons. The minimum Gasteiger partial charge on any atom is -0.348 e. The van der Waals surface area contributed by atoms with Crippen LogP contribution in [0, 0.1) is 18.3 Å². The van der Waals surface area contributed by atoms with E-state index in [0.717, 1.165) is 22.2 Å². The van der Waals surface area contributed by atoms with Crippen molar-refractivity contribution in [2.24, 2.45) is 7.05 Å². The van der Waals surface area contributed by atoms with Crippen LogP contribution in [0.1, 0.15) is 27.2 Å². The summed E-state index contributed by atoms with van der Waals surface area (Å²) in [5, 5.41) is 13.0. The summed E-state index contributed by atoms with van der Waals surface area (Å²) in [5.74, 6) is -0.172. The summed E-state index contributed by atoms with van der Waals surface area (Å²) in [4.78, 5) is 12.3. The summed E-state index contributed by atoms with van der Waals surface area (Å²) in [7, 11) is 2.03. The van der Waals surface area contributed by atoms with Gasteiger partial charge in [-0.2, -0.15) is 5.26 Å². The molecule has 0 saturated carbocycles. The summed E-state index contributed by atoms with van der Waals surface area (Å²) in [6.07, 6.45) is 0. The van der Waals surface area contributed by atoms with E-state index in [1.54, 1.807) is 24.3 Å². The summed E-state index contributed by atoms with van der Waals surface area (Å²) in [6.45, 7) is 2.51. The number of rotatable bonds is 3. The van der Waals surface area contributed by atoms with E-state index >= 15 is 0 Å². The first-order valence-corrected chi connectivity index (χ1v) is 7.43. The number of aromatic nitrogens is 1. The molecule has 1 aromatic heterocycles. The Morgan fingerprint density at radius 2 is 2.00 bits per heavy atom. The van der Waals surface area contributed by atoms with E-state index < -0.39 is 0 Å². The summed E-state index contributed by atoms with van der Waals surface area (Å²) < 4.78 is 2.13. The van der Waals surface area contributed by atoms with Gasteiger partial charge in [0.15, 0.2) is 0 Å². The Labute approximate surface area is 135 Å². The number of nitrogens with zero attached hydrogens (tertiary/aromatic N) is 2. The zero-order chi connectivity index (χ0) is 16.4. The first kappa shape index (κ1) is 14.9. The third-order valence-corrected chi connectivity index (χ3v) is 4.21. The van der Waals surface area contributed by atoms with Crippen molar-refractivity contribution in [2.75, 3.05) is 0 Å². The molecule has 4 heteroatoms. The van der Waals surface area contributed by atoms with Gasteiger partial charge in [0.25, 0.3) is 5.91 Å². The molecule has 23 heavy (non-hydrogen) atoms. The lowest BCUT2D eigenvalue weighted by atomic mass is 10.1. The lowest BCUT2D eigenvalue weighted by molar-refractivity contribution is 0.0951. The topological polar surface area (TPSA) is 57.8 Å². The largest absolute Gasteiger partial charge is 0.348 e. The molecular formula is C19H17N3O. The van der Waals surface area contributed by atoms with Crippen LogP contribution in [0.4, 0.5) is 0 Å². The van der Waals surface area contributed by atoms with Gasteiger partial charge in [0.2, 0.25) is 0 Å². The van der Waals surface area contributed by atoms with Crippen molar-refractivity contribution in [3.05, 3.63) is 70.9 Å². The Morgan fingerprint density at radius 1 is 1.22 bits per heavy atom. The number of carbonyl (C=O) groups excluding carboxylic acids is 1. The first-order valence-electron chi connectivity index (χ1n) is 7.43. The second-order valence-electron chi connectivity index (χ2n) is 5.52. The van der Waals surface area contributed by atoms with E-state index in [2.05, 4.69) is 28.9 Å². The molecule has 1 amide bonds. The van der Waals surface area contributed by atoms with Crippen LogP contribution >= 0.6 is 0 Å². The molecular weight excluding hydrogens is 286 g/mol. The molecule has 4 nitrogen and oxygen atoms in total. The summed E-state index contributed by atoms with van der Waals surface area (Å²) in [6, 6.07) is 16.9. The fraction of sp³-hybridized carbons (Fsp3) is 0.158. The van der Waals surface area contributed by atoms with Crippen molar-refractivity contribution in [1.29, 1.82) is 5.26 Å². The van der Waals surface area contributed by atoms with Crippen molar-refractivity contribution < 1.29 is 4.79 Å². The maximum Gasteiger partial charge on any atom is 0.251 e. The number of nitrogens with one attached hydrogen (secondary N) is 1. The van der Waals surface area contributed by atoms with Crippen LogP contribution < -0.4 is 5.32 Å². The molecule has 0 saturated heterocycles. The molecule has 0 radical (unpaired) electrons. The summed E-state index contributed by atoms with van der Waals surface area (Å²) in [5.41, 5.74) is 4.40. The SMILES string of the molecule is Cc1c(CNC(=O)c2cccc(C#N)c2)c2ccccc2n1C. The standard InChI is InChI=1S/C19H17N3O/c1-13-17(16-8-3-4-9-18(16)22(13)2)12-21-19(23)15-7-5-6-14(10-15)11-20/h3-10H,12H2,1-2H3,(H,21,23). The van der Waals surface area contributed by atoms with Crippen LogP contribution in [0.2, 0.25) is 0 Å². The Morgan fingerprint density at radius 3 is 2.78 bits per heavy atom. The molecule has 0 spiro atoms. The fourth-order valence-corrected chi connectivity index (χ4v) is 2.82. The van der Waals surface area contributed by atoms with Crippen LogP contribution in [-0.4, -0.2) is 10.5 Å². The second kappa shape index (κ2) is 5.98. The Hall–Kier alpha value is -3.06. The van der Waals surface area contributed by atoms with Gasteiger partial charge < -0.3 is 9.88 Å². The van der Waals surface area contributed by atoms with Crippen LogP contribution in [0.25, 0.3) is 10.9 Å². The minimum absolute atomic E-state index is 0.172. The lowest BCUT2D eigenvalue weighted by Crippen LogP contribution is -2.23. The average Bonchev–Trinajstić information content (AvgIpc) is 2.84. The van der Waals surface area contributed by atoms with Gasteiger partial charge in [-0.15, -0.1) is 0 Å².